The lowest BCUT2D eigenvalue weighted by molar-refractivity contribution is -0.140. The Morgan fingerprint density at radius 3 is 2.15 bits per heavy atom. The number of carbonyl (C=O) groups excluding carboxylic acids is 2. The second-order valence-corrected chi connectivity index (χ2v) is 14.4. The molecule has 0 aliphatic heterocycles. The smallest absolute Gasteiger partial charge is 0.264 e. The fraction of sp³-hybridized carbons (Fsp3) is 0.278. The quantitative estimate of drug-likeness (QED) is 0.162. The molecule has 4 aromatic rings. The minimum absolute atomic E-state index is 0.0112. The molecule has 1 atom stereocenters. The number of hydrogen-bond donors (Lipinski definition) is 1. The van der Waals surface area contributed by atoms with Gasteiger partial charge in [-0.25, -0.2) is 8.42 Å². The van der Waals surface area contributed by atoms with Gasteiger partial charge in [0.25, 0.3) is 10.0 Å². The third-order valence-corrected chi connectivity index (χ3v) is 9.95. The molecule has 4 aromatic carbocycles. The summed E-state index contributed by atoms with van der Waals surface area (Å²) in [5.74, 6) is -0.717. The first-order valence-corrected chi connectivity index (χ1v) is 17.3. The summed E-state index contributed by atoms with van der Waals surface area (Å²) in [4.78, 5) is 30.0. The molecule has 0 spiro atoms. The molecule has 46 heavy (non-hydrogen) atoms. The van der Waals surface area contributed by atoms with Crippen molar-refractivity contribution in [1.29, 1.82) is 0 Å². The van der Waals surface area contributed by atoms with Crippen molar-refractivity contribution in [1.82, 2.24) is 10.2 Å². The topological polar surface area (TPSA) is 86.8 Å². The van der Waals surface area contributed by atoms with Gasteiger partial charge in [-0.15, -0.1) is 0 Å². The number of nitrogens with one attached hydrogen (secondary N) is 1. The van der Waals surface area contributed by atoms with E-state index in [1.807, 2.05) is 82.3 Å². The molecule has 0 aliphatic rings. The predicted molar refractivity (Wildman–Crippen MR) is 186 cm³/mol. The Hall–Kier alpha value is -3.85. The Labute approximate surface area is 282 Å². The fourth-order valence-corrected chi connectivity index (χ4v) is 6.84. The van der Waals surface area contributed by atoms with Gasteiger partial charge in [0.05, 0.1) is 15.6 Å². The minimum atomic E-state index is -4.30. The Morgan fingerprint density at radius 1 is 0.848 bits per heavy atom. The number of hydrogen-bond acceptors (Lipinski definition) is 4. The molecule has 7 nitrogen and oxygen atoms in total. The number of rotatable bonds is 13. The molecule has 0 heterocycles. The number of amides is 2. The van der Waals surface area contributed by atoms with Crippen molar-refractivity contribution >= 4 is 50.7 Å². The predicted octanol–water partition coefficient (Wildman–Crippen LogP) is 7.22. The largest absolute Gasteiger partial charge is 0.354 e. The average molecular weight is 681 g/mol. The SMILES string of the molecule is Cc1ccc(S(=O)(=O)N(CC(=O)N(Cc2ccccc2C)[C@H](Cc2ccccc2)C(=O)NCC(C)C)c2cc(Cl)ccc2Cl)cc1. The van der Waals surface area contributed by atoms with Crippen LogP contribution in [-0.2, 0) is 32.6 Å². The zero-order valence-corrected chi connectivity index (χ0v) is 28.7. The molecule has 4 rings (SSSR count). The van der Waals surface area contributed by atoms with E-state index in [9.17, 15) is 18.0 Å². The van der Waals surface area contributed by atoms with Gasteiger partial charge in [-0.1, -0.05) is 109 Å². The second-order valence-electron chi connectivity index (χ2n) is 11.7. The zero-order valence-electron chi connectivity index (χ0n) is 26.4. The highest BCUT2D eigenvalue weighted by Gasteiger charge is 2.35. The average Bonchev–Trinajstić information content (AvgIpc) is 3.03. The lowest BCUT2D eigenvalue weighted by Gasteiger charge is -2.34. The molecule has 0 fully saturated rings. The summed E-state index contributed by atoms with van der Waals surface area (Å²) in [5.41, 5.74) is 3.56. The maximum atomic E-state index is 14.6. The molecule has 0 unspecified atom stereocenters. The fourth-order valence-electron chi connectivity index (χ4n) is 4.98. The van der Waals surface area contributed by atoms with Crippen LogP contribution in [0.15, 0.2) is 102 Å². The Kier molecular flexibility index (Phi) is 11.9. The van der Waals surface area contributed by atoms with Gasteiger partial charge in [-0.05, 0) is 66.8 Å². The van der Waals surface area contributed by atoms with E-state index in [0.717, 1.165) is 26.6 Å². The molecule has 0 aromatic heterocycles. The number of benzene rings is 4. The van der Waals surface area contributed by atoms with Gasteiger partial charge in [0.2, 0.25) is 11.8 Å². The van der Waals surface area contributed by atoms with E-state index in [1.165, 1.54) is 29.2 Å². The third kappa shape index (κ3) is 8.90. The van der Waals surface area contributed by atoms with E-state index in [1.54, 1.807) is 18.2 Å². The third-order valence-electron chi connectivity index (χ3n) is 7.62. The molecular formula is C36H39Cl2N3O4S. The first kappa shape index (κ1) is 35.0. The van der Waals surface area contributed by atoms with Gasteiger partial charge in [0.1, 0.15) is 12.6 Å². The summed E-state index contributed by atoms with van der Waals surface area (Å²) < 4.78 is 29.4. The molecule has 1 N–H and O–H groups in total. The highest BCUT2D eigenvalue weighted by molar-refractivity contribution is 7.92. The maximum absolute atomic E-state index is 14.6. The summed E-state index contributed by atoms with van der Waals surface area (Å²) in [5, 5.41) is 3.36. The van der Waals surface area contributed by atoms with Crippen molar-refractivity contribution in [2.24, 2.45) is 5.92 Å². The van der Waals surface area contributed by atoms with Crippen LogP contribution in [0.4, 0.5) is 5.69 Å². The van der Waals surface area contributed by atoms with Gasteiger partial charge < -0.3 is 10.2 Å². The van der Waals surface area contributed by atoms with Crippen LogP contribution in [0.25, 0.3) is 0 Å². The van der Waals surface area contributed by atoms with Crippen LogP contribution in [0.3, 0.4) is 0 Å². The molecule has 0 saturated heterocycles. The highest BCUT2D eigenvalue weighted by Crippen LogP contribution is 2.33. The summed E-state index contributed by atoms with van der Waals surface area (Å²) in [6, 6.07) is 26.9. The van der Waals surface area contributed by atoms with Gasteiger partial charge in [0.15, 0.2) is 0 Å². The molecule has 10 heteroatoms. The minimum Gasteiger partial charge on any atom is -0.354 e. The van der Waals surface area contributed by atoms with E-state index < -0.39 is 28.5 Å². The number of halogens is 2. The number of nitrogens with zero attached hydrogens (tertiary/aromatic N) is 2. The van der Waals surface area contributed by atoms with Crippen molar-refractivity contribution in [3.8, 4) is 0 Å². The summed E-state index contributed by atoms with van der Waals surface area (Å²) in [6.45, 7) is 7.65. The summed E-state index contributed by atoms with van der Waals surface area (Å²) in [7, 11) is -4.30. The molecule has 0 aliphatic carbocycles. The first-order valence-electron chi connectivity index (χ1n) is 15.1. The van der Waals surface area contributed by atoms with Crippen molar-refractivity contribution in [3.63, 3.8) is 0 Å². The summed E-state index contributed by atoms with van der Waals surface area (Å²) >= 11 is 12.9. The normalized spacial score (nSPS) is 12.1. The molecule has 2 amide bonds. The van der Waals surface area contributed by atoms with Crippen LogP contribution in [0.2, 0.25) is 10.0 Å². The van der Waals surface area contributed by atoms with Gasteiger partial charge in [-0.2, -0.15) is 0 Å². The van der Waals surface area contributed by atoms with Crippen LogP contribution in [-0.4, -0.2) is 44.3 Å². The maximum Gasteiger partial charge on any atom is 0.264 e. The Balaban J connectivity index is 1.84. The lowest BCUT2D eigenvalue weighted by Crippen LogP contribution is -2.53. The van der Waals surface area contributed by atoms with E-state index in [2.05, 4.69) is 5.32 Å². The first-order chi connectivity index (χ1) is 21.9. The Bertz CT molecular complexity index is 1760. The van der Waals surface area contributed by atoms with Crippen molar-refractivity contribution in [3.05, 3.63) is 129 Å². The second kappa shape index (κ2) is 15.6. The van der Waals surface area contributed by atoms with E-state index in [0.29, 0.717) is 6.54 Å². The van der Waals surface area contributed by atoms with Crippen molar-refractivity contribution in [2.75, 3.05) is 17.4 Å². The van der Waals surface area contributed by atoms with Crippen LogP contribution in [0.1, 0.15) is 36.1 Å². The highest BCUT2D eigenvalue weighted by atomic mass is 35.5. The number of anilines is 1. The van der Waals surface area contributed by atoms with Gasteiger partial charge in [0, 0.05) is 24.5 Å². The Morgan fingerprint density at radius 2 is 1.50 bits per heavy atom. The van der Waals surface area contributed by atoms with E-state index >= 15 is 0 Å². The van der Waals surface area contributed by atoms with Gasteiger partial charge in [-0.3, -0.25) is 13.9 Å². The molecule has 242 valence electrons. The molecule has 0 radical (unpaired) electrons. The van der Waals surface area contributed by atoms with Crippen molar-refractivity contribution in [2.45, 2.75) is 51.6 Å². The molecular weight excluding hydrogens is 641 g/mol. The number of sulfonamides is 1. The molecule has 0 bridgehead atoms. The van der Waals surface area contributed by atoms with E-state index in [4.69, 9.17) is 23.2 Å². The van der Waals surface area contributed by atoms with Gasteiger partial charge >= 0.3 is 0 Å². The van der Waals surface area contributed by atoms with E-state index in [-0.39, 0.29) is 45.4 Å². The lowest BCUT2D eigenvalue weighted by atomic mass is 10.0. The van der Waals surface area contributed by atoms with Crippen LogP contribution >= 0.6 is 23.2 Å². The van der Waals surface area contributed by atoms with Crippen molar-refractivity contribution < 1.29 is 18.0 Å². The number of aryl methyl sites for hydroxylation is 2. The molecule has 0 saturated carbocycles. The van der Waals surface area contributed by atoms with Crippen LogP contribution in [0.5, 0.6) is 0 Å². The monoisotopic (exact) mass is 679 g/mol. The van der Waals surface area contributed by atoms with Crippen LogP contribution in [0, 0.1) is 19.8 Å². The number of carbonyl (C=O) groups is 2. The zero-order chi connectivity index (χ0) is 33.4. The summed E-state index contributed by atoms with van der Waals surface area (Å²) in [6.07, 6.45) is 0.227. The van der Waals surface area contributed by atoms with Crippen LogP contribution < -0.4 is 9.62 Å². The standard InChI is InChI=1S/C36H39Cl2N3O4S/c1-25(2)22-39-36(43)34(20-28-11-6-5-7-12-28)40(23-29-13-9-8-10-27(29)4)35(42)24-41(33-21-30(37)16-19-32(33)38)46(44,45)31-17-14-26(3)15-18-31/h5-19,21,25,34H,20,22-24H2,1-4H3,(H,39,43)/t34-/m1/s1.